The number of hydrogen-bond acceptors (Lipinski definition) is 3. The van der Waals surface area contributed by atoms with Crippen LogP contribution in [0.15, 0.2) is 41.0 Å². The van der Waals surface area contributed by atoms with E-state index in [0.717, 1.165) is 18.4 Å². The van der Waals surface area contributed by atoms with Crippen molar-refractivity contribution < 1.29 is 9.21 Å². The van der Waals surface area contributed by atoms with Gasteiger partial charge < -0.3 is 9.73 Å². The van der Waals surface area contributed by atoms with Crippen LogP contribution in [0.4, 0.5) is 0 Å². The minimum absolute atomic E-state index is 0.153. The van der Waals surface area contributed by atoms with Crippen LogP contribution >= 0.6 is 0 Å². The molecule has 1 aromatic carbocycles. The lowest BCUT2D eigenvalue weighted by Gasteiger charge is -2.12. The molecule has 2 aromatic rings. The number of carbonyl (C=O) groups is 1. The first-order valence-electron chi connectivity index (χ1n) is 9.02. The molecule has 1 N–H and O–H groups in total. The quantitative estimate of drug-likeness (QED) is 0.609. The predicted molar refractivity (Wildman–Crippen MR) is 96.9 cm³/mol. The Balaban J connectivity index is 1.75. The van der Waals surface area contributed by atoms with E-state index in [-0.39, 0.29) is 11.9 Å². The molecule has 1 amide bonds. The topological polar surface area (TPSA) is 55.1 Å². The van der Waals surface area contributed by atoms with Crippen LogP contribution in [0.1, 0.15) is 69.3 Å². The smallest absolute Gasteiger partial charge is 0.273 e. The third-order valence-electron chi connectivity index (χ3n) is 4.13. The van der Waals surface area contributed by atoms with Crippen LogP contribution in [-0.4, -0.2) is 16.9 Å². The highest BCUT2D eigenvalue weighted by Crippen LogP contribution is 2.18. The van der Waals surface area contributed by atoms with E-state index < -0.39 is 0 Å². The first-order valence-corrected chi connectivity index (χ1v) is 9.02. The maximum Gasteiger partial charge on any atom is 0.273 e. The Morgan fingerprint density at radius 3 is 2.58 bits per heavy atom. The van der Waals surface area contributed by atoms with Crippen LogP contribution in [0.5, 0.6) is 0 Å². The van der Waals surface area contributed by atoms with Gasteiger partial charge in [-0.2, -0.15) is 0 Å². The summed E-state index contributed by atoms with van der Waals surface area (Å²) in [7, 11) is 0. The molecular formula is C20H28N2O2. The highest BCUT2D eigenvalue weighted by molar-refractivity contribution is 5.92. The molecule has 0 spiro atoms. The van der Waals surface area contributed by atoms with Crippen LogP contribution in [-0.2, 0) is 0 Å². The number of nitrogens with zero attached hydrogens (tertiary/aromatic N) is 1. The van der Waals surface area contributed by atoms with Crippen LogP contribution in [0, 0.1) is 0 Å². The van der Waals surface area contributed by atoms with Crippen molar-refractivity contribution in [3.8, 4) is 11.5 Å². The van der Waals surface area contributed by atoms with Gasteiger partial charge in [0.2, 0.25) is 5.89 Å². The van der Waals surface area contributed by atoms with Crippen LogP contribution < -0.4 is 5.32 Å². The van der Waals surface area contributed by atoms with E-state index in [1.807, 2.05) is 37.3 Å². The van der Waals surface area contributed by atoms with E-state index in [9.17, 15) is 4.79 Å². The van der Waals surface area contributed by atoms with Gasteiger partial charge >= 0.3 is 0 Å². The lowest BCUT2D eigenvalue weighted by Crippen LogP contribution is -2.32. The summed E-state index contributed by atoms with van der Waals surface area (Å²) in [5, 5.41) is 3.00. The summed E-state index contributed by atoms with van der Waals surface area (Å²) in [5.74, 6) is 0.309. The molecule has 130 valence electrons. The molecular weight excluding hydrogens is 300 g/mol. The van der Waals surface area contributed by atoms with Gasteiger partial charge in [0.05, 0.1) is 0 Å². The summed E-state index contributed by atoms with van der Waals surface area (Å²) in [4.78, 5) is 16.5. The summed E-state index contributed by atoms with van der Waals surface area (Å²) in [6.45, 7) is 4.27. The molecule has 1 unspecified atom stereocenters. The van der Waals surface area contributed by atoms with Gasteiger partial charge in [0.1, 0.15) is 6.26 Å². The van der Waals surface area contributed by atoms with Crippen molar-refractivity contribution in [3.05, 3.63) is 42.3 Å². The Bertz CT molecular complexity index is 607. The van der Waals surface area contributed by atoms with Crippen molar-refractivity contribution >= 4 is 5.91 Å². The van der Waals surface area contributed by atoms with Crippen LogP contribution in [0.3, 0.4) is 0 Å². The minimum atomic E-state index is -0.167. The number of carbonyl (C=O) groups excluding carboxylic acids is 1. The first-order chi connectivity index (χ1) is 11.7. The van der Waals surface area contributed by atoms with Gasteiger partial charge in [-0.25, -0.2) is 4.98 Å². The number of oxazole rings is 1. The zero-order chi connectivity index (χ0) is 17.2. The zero-order valence-corrected chi connectivity index (χ0v) is 14.8. The number of hydrogen-bond donors (Lipinski definition) is 1. The van der Waals surface area contributed by atoms with Crippen LogP contribution in [0.25, 0.3) is 11.5 Å². The third kappa shape index (κ3) is 5.84. The molecule has 2 rings (SSSR count). The van der Waals surface area contributed by atoms with E-state index in [2.05, 4.69) is 17.2 Å². The monoisotopic (exact) mass is 328 g/mol. The first kappa shape index (κ1) is 18.2. The largest absolute Gasteiger partial charge is 0.444 e. The normalized spacial score (nSPS) is 12.1. The lowest BCUT2D eigenvalue weighted by atomic mass is 10.1. The second-order valence-electron chi connectivity index (χ2n) is 6.33. The molecule has 24 heavy (non-hydrogen) atoms. The molecule has 0 saturated carbocycles. The summed E-state index contributed by atoms with van der Waals surface area (Å²) >= 11 is 0. The Morgan fingerprint density at radius 1 is 1.12 bits per heavy atom. The molecule has 1 heterocycles. The number of amides is 1. The Labute approximate surface area is 144 Å². The number of aromatic nitrogens is 1. The van der Waals surface area contributed by atoms with E-state index >= 15 is 0 Å². The number of unbranched alkanes of at least 4 members (excludes halogenated alkanes) is 5. The molecule has 1 atom stereocenters. The number of nitrogens with one attached hydrogen (secondary N) is 1. The molecule has 0 saturated heterocycles. The lowest BCUT2D eigenvalue weighted by molar-refractivity contribution is 0.0933. The summed E-state index contributed by atoms with van der Waals surface area (Å²) in [6, 6.07) is 9.75. The van der Waals surface area contributed by atoms with E-state index in [0.29, 0.717) is 11.6 Å². The molecule has 1 aromatic heterocycles. The van der Waals surface area contributed by atoms with Gasteiger partial charge in [-0.05, 0) is 25.5 Å². The van der Waals surface area contributed by atoms with Crippen molar-refractivity contribution in [3.63, 3.8) is 0 Å². The predicted octanol–water partition coefficient (Wildman–Crippen LogP) is 5.21. The van der Waals surface area contributed by atoms with Gasteiger partial charge in [-0.15, -0.1) is 0 Å². The van der Waals surface area contributed by atoms with Gasteiger partial charge in [-0.1, -0.05) is 63.6 Å². The molecule has 0 aliphatic carbocycles. The van der Waals surface area contributed by atoms with Gasteiger partial charge in [0, 0.05) is 11.6 Å². The highest BCUT2D eigenvalue weighted by Gasteiger charge is 2.15. The molecule has 0 aliphatic rings. The van der Waals surface area contributed by atoms with Gasteiger partial charge in [0.15, 0.2) is 5.69 Å². The van der Waals surface area contributed by atoms with Crippen molar-refractivity contribution in [1.29, 1.82) is 0 Å². The standard InChI is InChI=1S/C20H28N2O2/c1-3-4-5-6-7-9-12-16(2)21-19(23)18-15-24-20(22-18)17-13-10-8-11-14-17/h8,10-11,13-16H,3-7,9,12H2,1-2H3,(H,21,23). The SMILES string of the molecule is CCCCCCCCC(C)NC(=O)c1coc(-c2ccccc2)n1. The molecule has 0 aliphatic heterocycles. The second kappa shape index (κ2) is 9.91. The van der Waals surface area contributed by atoms with Crippen molar-refractivity contribution in [1.82, 2.24) is 10.3 Å². The molecule has 0 radical (unpaired) electrons. The molecule has 0 fully saturated rings. The fraction of sp³-hybridized carbons (Fsp3) is 0.500. The van der Waals surface area contributed by atoms with Gasteiger partial charge in [0.25, 0.3) is 5.91 Å². The van der Waals surface area contributed by atoms with Crippen molar-refractivity contribution in [2.75, 3.05) is 0 Å². The average molecular weight is 328 g/mol. The van der Waals surface area contributed by atoms with Crippen molar-refractivity contribution in [2.24, 2.45) is 0 Å². The van der Waals surface area contributed by atoms with Gasteiger partial charge in [-0.3, -0.25) is 4.79 Å². The maximum absolute atomic E-state index is 12.2. The third-order valence-corrected chi connectivity index (χ3v) is 4.13. The molecule has 0 bridgehead atoms. The average Bonchev–Trinajstić information content (AvgIpc) is 3.09. The zero-order valence-electron chi connectivity index (χ0n) is 14.8. The Kier molecular flexibility index (Phi) is 7.53. The van der Waals surface area contributed by atoms with E-state index in [4.69, 9.17) is 4.42 Å². The van der Waals surface area contributed by atoms with E-state index in [1.165, 1.54) is 38.4 Å². The fourth-order valence-corrected chi connectivity index (χ4v) is 2.69. The second-order valence-corrected chi connectivity index (χ2v) is 6.33. The van der Waals surface area contributed by atoms with Crippen LogP contribution in [0.2, 0.25) is 0 Å². The summed E-state index contributed by atoms with van der Waals surface area (Å²) < 4.78 is 5.42. The Morgan fingerprint density at radius 2 is 1.83 bits per heavy atom. The number of benzene rings is 1. The fourth-order valence-electron chi connectivity index (χ4n) is 2.69. The summed E-state index contributed by atoms with van der Waals surface area (Å²) in [6.07, 6.45) is 10.0. The molecule has 4 heteroatoms. The Hall–Kier alpha value is -2.10. The summed E-state index contributed by atoms with van der Waals surface area (Å²) in [5.41, 5.74) is 1.21. The maximum atomic E-state index is 12.2. The number of rotatable bonds is 10. The van der Waals surface area contributed by atoms with Crippen molar-refractivity contribution in [2.45, 2.75) is 64.8 Å². The molecule has 4 nitrogen and oxygen atoms in total. The van der Waals surface area contributed by atoms with E-state index in [1.54, 1.807) is 0 Å². The highest BCUT2D eigenvalue weighted by atomic mass is 16.3. The minimum Gasteiger partial charge on any atom is -0.444 e.